The molecule has 0 amide bonds. The molecule has 12 rings (SSSR count). The Balaban J connectivity index is 0.000000230. The Morgan fingerprint density at radius 1 is 0.321 bits per heavy atom. The molecule has 0 unspecified atom stereocenters. The maximum absolute atomic E-state index is 2.42. The minimum atomic E-state index is -1.65. The molecule has 0 N–H and O–H groups in total. The van der Waals surface area contributed by atoms with E-state index in [1.54, 1.807) is 19.2 Å². The van der Waals surface area contributed by atoms with Crippen molar-refractivity contribution >= 4 is 139 Å². The van der Waals surface area contributed by atoms with Crippen LogP contribution in [0.5, 0.6) is 0 Å². The van der Waals surface area contributed by atoms with Crippen molar-refractivity contribution in [2.24, 2.45) is 17.8 Å². The van der Waals surface area contributed by atoms with Crippen molar-refractivity contribution in [3.05, 3.63) is 276 Å². The molecule has 9 aromatic carbocycles. The number of hydrogen-bond donors (Lipinski definition) is 0. The average molecular weight is 1730 g/mol. The van der Waals surface area contributed by atoms with Crippen molar-refractivity contribution in [2.75, 3.05) is 0 Å². The van der Waals surface area contributed by atoms with Crippen molar-refractivity contribution < 1.29 is 0 Å². The van der Waals surface area contributed by atoms with Gasteiger partial charge in [0.15, 0.2) is 0 Å². The first-order valence-corrected chi connectivity index (χ1v) is 67.4. The summed E-state index contributed by atoms with van der Waals surface area (Å²) in [6.07, 6.45) is 3.56. The van der Waals surface area contributed by atoms with Crippen molar-refractivity contribution in [1.82, 2.24) is 0 Å². The van der Waals surface area contributed by atoms with Crippen molar-refractivity contribution in [2.45, 2.75) is 269 Å². The second-order valence-corrected chi connectivity index (χ2v) is 77.3. The van der Waals surface area contributed by atoms with Crippen LogP contribution in [0.4, 0.5) is 0 Å². The predicted molar refractivity (Wildman–Crippen MR) is 533 cm³/mol. The molecular formula is C104H150Ge2S3Si3. The molecule has 0 spiro atoms. The maximum Gasteiger partial charge on any atom is 0.0775 e. The van der Waals surface area contributed by atoms with Crippen LogP contribution in [-0.4, -0.2) is 50.8 Å². The summed E-state index contributed by atoms with van der Waals surface area (Å²) >= 11 is 2.57. The SMILES string of the molecule is CC[Si](CC)(CC)c1ccc(C)cc1.C[CH2][Ge]([CH2]C)([CH2]C)[c]1ccc(C)cc1.Cc1cc[c]([Ge]([CH3])([CH3])[CH3])cc1.Cc1ccc(-c2ccc([Si](C)(C)C)cc2)cc1.Cc1ccc([Si](C)(C)C)cc1.Cc1sc2cc(CC(C)C)ccc2c1C.Cc1sc2ccc(CC(C)C)cc2c1C.Cc1sc2cccc(CC(C)C)c2c1C. The summed E-state index contributed by atoms with van der Waals surface area (Å²) in [6.45, 7) is 66.2. The molecule has 0 fully saturated rings. The molecule has 3 heterocycles. The van der Waals surface area contributed by atoms with Gasteiger partial charge in [-0.2, -0.15) is 0 Å². The van der Waals surface area contributed by atoms with Gasteiger partial charge in [-0.15, -0.1) is 34.0 Å². The third-order valence-corrected chi connectivity index (χ3v) is 52.4. The largest absolute Gasteiger partial charge is 0.140 e. The van der Waals surface area contributed by atoms with Gasteiger partial charge in [0, 0.05) is 28.7 Å². The summed E-state index contributed by atoms with van der Waals surface area (Å²) in [7, 11) is -3.34. The van der Waals surface area contributed by atoms with E-state index in [0.717, 1.165) is 17.8 Å². The molecule has 12 aromatic rings. The van der Waals surface area contributed by atoms with Crippen molar-refractivity contribution in [3.8, 4) is 11.1 Å². The second-order valence-electron chi connectivity index (χ2n) is 36.4. The number of thiophene rings is 3. The van der Waals surface area contributed by atoms with Crippen LogP contribution in [0.2, 0.25) is 90.4 Å². The zero-order valence-electron chi connectivity index (χ0n) is 76.4. The third-order valence-electron chi connectivity index (χ3n) is 23.0. The molecular weight excluding hydrogens is 1570 g/mol. The molecule has 0 aliphatic rings. The number of benzene rings is 9. The minimum Gasteiger partial charge on any atom is -0.140 e. The molecule has 0 saturated carbocycles. The smallest absolute Gasteiger partial charge is 0.0775 e. The standard InChI is InChI=1S/C16H20Si.3C14H18S.C13H22Ge.C13H22Si.C10H16Ge.C10H16Si/c1-13-5-7-14(8-6-13)15-9-11-16(12-10-15)17(2,3)4;1-9(2)7-12-5-6-14-13(8-12)10(3)11(4)15-14;1-9(2)7-12-5-6-13-10(3)11(4)15-14(13)8-12;1-9(2)8-12-6-5-7-13-14(12)10(3)11(4)15-13;2*1-5-14(6-2,7-3)13-10-8-12(4)9-11-13;2*1-9-5-7-10(8-6-9)11(2,3)4/h5-12H,1-4H3;2*5-6,8-9H,7H2,1-4H3;5-7,9H,8H2,1-4H3;2*8-11H,5-7H2,1-4H3;2*5-8H,1-4H3. The van der Waals surface area contributed by atoms with Crippen LogP contribution < -0.4 is 24.4 Å². The molecule has 112 heavy (non-hydrogen) atoms. The summed E-state index contributed by atoms with van der Waals surface area (Å²) < 4.78 is 7.61. The van der Waals surface area contributed by atoms with E-state index in [4.69, 9.17) is 0 Å². The van der Waals surface area contributed by atoms with E-state index in [0.29, 0.717) is 0 Å². The monoisotopic (exact) mass is 1730 g/mol. The molecule has 0 nitrogen and oxygen atoms in total. The normalized spacial score (nSPS) is 11.6. The van der Waals surface area contributed by atoms with Crippen LogP contribution >= 0.6 is 34.0 Å². The van der Waals surface area contributed by atoms with E-state index in [1.807, 2.05) is 34.0 Å². The topological polar surface area (TPSA) is 0 Å². The van der Waals surface area contributed by atoms with E-state index in [9.17, 15) is 0 Å². The van der Waals surface area contributed by atoms with Crippen LogP contribution in [0.25, 0.3) is 41.4 Å². The van der Waals surface area contributed by atoms with Gasteiger partial charge in [0.05, 0.1) is 24.2 Å². The third kappa shape index (κ3) is 29.6. The van der Waals surface area contributed by atoms with Gasteiger partial charge in [-0.05, 0) is 178 Å². The minimum absolute atomic E-state index is 0.732. The summed E-state index contributed by atoms with van der Waals surface area (Å²) in [4.78, 5) is 4.36. The van der Waals surface area contributed by atoms with Gasteiger partial charge in [-0.3, -0.25) is 0 Å². The zero-order valence-corrected chi connectivity index (χ0v) is 86.0. The van der Waals surface area contributed by atoms with Crippen LogP contribution in [0.1, 0.15) is 159 Å². The van der Waals surface area contributed by atoms with E-state index in [-0.39, 0.29) is 0 Å². The van der Waals surface area contributed by atoms with Crippen molar-refractivity contribution in [3.63, 3.8) is 0 Å². The molecule has 3 aromatic heterocycles. The van der Waals surface area contributed by atoms with Gasteiger partial charge in [0.25, 0.3) is 0 Å². The molecule has 0 bridgehead atoms. The summed E-state index contributed by atoms with van der Waals surface area (Å²) in [6, 6.07) is 79.0. The first-order valence-electron chi connectivity index (χ1n) is 42.5. The molecule has 0 aliphatic carbocycles. The number of hydrogen-bond acceptors (Lipinski definition) is 3. The Labute approximate surface area is 706 Å². The van der Waals surface area contributed by atoms with E-state index < -0.39 is 50.8 Å². The van der Waals surface area contributed by atoms with Gasteiger partial charge in [0.1, 0.15) is 0 Å². The van der Waals surface area contributed by atoms with Crippen LogP contribution in [0.3, 0.4) is 0 Å². The first kappa shape index (κ1) is 97.2. The Morgan fingerprint density at radius 2 is 0.670 bits per heavy atom. The molecule has 8 heteroatoms. The van der Waals surface area contributed by atoms with Gasteiger partial charge in [-0.1, -0.05) is 285 Å². The molecule has 0 atom stereocenters. The van der Waals surface area contributed by atoms with Gasteiger partial charge in [0.2, 0.25) is 0 Å². The summed E-state index contributed by atoms with van der Waals surface area (Å²) in [5.41, 5.74) is 18.2. The zero-order chi connectivity index (χ0) is 83.6. The van der Waals surface area contributed by atoms with E-state index >= 15 is 0 Å². The van der Waals surface area contributed by atoms with Gasteiger partial charge < -0.3 is 0 Å². The maximum atomic E-state index is 2.42. The second kappa shape index (κ2) is 45.4. The predicted octanol–water partition coefficient (Wildman–Crippen LogP) is 30.9. The Bertz CT molecular complexity index is 4590. The number of aryl methyl sites for hydroxylation is 11. The Hall–Kier alpha value is -5.40. The average Bonchev–Trinajstić information content (AvgIpc) is 1.66. The quantitative estimate of drug-likeness (QED) is 0.0751. The van der Waals surface area contributed by atoms with Crippen LogP contribution in [-0.2, 0) is 19.3 Å². The Morgan fingerprint density at radius 3 is 1.08 bits per heavy atom. The summed E-state index contributed by atoms with van der Waals surface area (Å²) in [5.74, 6) is 9.47. The van der Waals surface area contributed by atoms with Crippen LogP contribution in [0, 0.1) is 93.9 Å². The van der Waals surface area contributed by atoms with E-state index in [1.165, 1.54) is 176 Å². The first-order chi connectivity index (χ1) is 52.6. The number of fused-ring (bicyclic) bond motifs is 3. The van der Waals surface area contributed by atoms with E-state index in [2.05, 4.69) is 416 Å². The molecule has 0 saturated heterocycles. The fraction of sp³-hybridized carbons (Fsp3) is 0.423. The summed E-state index contributed by atoms with van der Waals surface area (Å²) in [5, 5.41) is 13.4. The fourth-order valence-electron chi connectivity index (χ4n) is 14.6. The Kier molecular flexibility index (Phi) is 39.4. The van der Waals surface area contributed by atoms with Gasteiger partial charge in [-0.25, -0.2) is 0 Å². The molecule has 0 aliphatic heterocycles. The number of rotatable bonds is 18. The molecule has 604 valence electrons. The van der Waals surface area contributed by atoms with Gasteiger partial charge >= 0.3 is 163 Å². The fourth-order valence-corrected chi connectivity index (χ4v) is 33.9. The van der Waals surface area contributed by atoms with Crippen LogP contribution in [0.15, 0.2) is 200 Å². The molecule has 0 radical (unpaired) electrons. The van der Waals surface area contributed by atoms with Crippen molar-refractivity contribution in [1.29, 1.82) is 0 Å².